The van der Waals surface area contributed by atoms with Gasteiger partial charge in [-0.3, -0.25) is 43.7 Å². The van der Waals surface area contributed by atoms with Gasteiger partial charge in [0.25, 0.3) is 0 Å². The number of carbonyl (C=O) groups is 6. The largest absolute Gasteiger partial charge is 0.506 e. The van der Waals surface area contributed by atoms with E-state index in [1.807, 2.05) is 101 Å². The summed E-state index contributed by atoms with van der Waals surface area (Å²) < 4.78 is 49.1. The average molecular weight is 1570 g/mol. The van der Waals surface area contributed by atoms with Crippen LogP contribution >= 0.6 is 79.6 Å². The van der Waals surface area contributed by atoms with Crippen LogP contribution < -0.4 is 4.74 Å². The smallest absolute Gasteiger partial charge is 0.416 e. The molecule has 12 aromatic rings. The zero-order valence-electron chi connectivity index (χ0n) is 58.1. The number of hydrogen-bond acceptors (Lipinski definition) is 22. The topological polar surface area (TPSA) is 263 Å². The molecule has 19 nitrogen and oxygen atoms in total. The van der Waals surface area contributed by atoms with Crippen LogP contribution in [0.4, 0.5) is 13.2 Å². The molecule has 3 N–H and O–H groups in total. The maximum absolute atomic E-state index is 12.8. The summed E-state index contributed by atoms with van der Waals surface area (Å²) in [5.41, 5.74) is 7.15. The van der Waals surface area contributed by atoms with Crippen LogP contribution in [0.2, 0.25) is 5.02 Å². The Hall–Kier alpha value is -10.2. The van der Waals surface area contributed by atoms with Crippen molar-refractivity contribution in [3.63, 3.8) is 0 Å². The van der Waals surface area contributed by atoms with E-state index < -0.39 is 11.7 Å². The van der Waals surface area contributed by atoms with E-state index in [1.54, 1.807) is 101 Å². The Balaban J connectivity index is 0.000000170. The number of thiophene rings is 6. The molecule has 12 rings (SSSR count). The van der Waals surface area contributed by atoms with E-state index in [9.17, 15) is 57.3 Å². The van der Waals surface area contributed by atoms with Crippen molar-refractivity contribution in [2.75, 3.05) is 26.7 Å². The number of nitrogens with zero attached hydrogens (tertiary/aromatic N) is 9. The quantitative estimate of drug-likeness (QED) is 0.0305. The van der Waals surface area contributed by atoms with Gasteiger partial charge >= 0.3 is 6.18 Å². The van der Waals surface area contributed by atoms with Gasteiger partial charge in [0.05, 0.1) is 92.6 Å². The number of aliphatic imine (C=N–C) groups is 3. The lowest BCUT2D eigenvalue weighted by atomic mass is 10.1. The van der Waals surface area contributed by atoms with Gasteiger partial charge in [0.2, 0.25) is 0 Å². The van der Waals surface area contributed by atoms with Crippen LogP contribution in [0.3, 0.4) is 0 Å². The van der Waals surface area contributed by atoms with Crippen LogP contribution in [0, 0.1) is 0 Å². The molecule has 9 aromatic heterocycles. The van der Waals surface area contributed by atoms with Gasteiger partial charge in [0.15, 0.2) is 34.7 Å². The predicted molar refractivity (Wildman–Crippen MR) is 416 cm³/mol. The Bertz CT molecular complexity index is 5240. The number of hydrogen-bond donors (Lipinski definition) is 3. The normalized spacial score (nSPS) is 11.8. The number of ketones is 6. The van der Waals surface area contributed by atoms with Gasteiger partial charge in [0, 0.05) is 114 Å². The van der Waals surface area contributed by atoms with Crippen LogP contribution in [0.1, 0.15) is 137 Å². The number of aryl methyl sites for hydroxylation is 6. The minimum Gasteiger partial charge on any atom is -0.506 e. The highest BCUT2D eigenvalue weighted by Crippen LogP contribution is 2.43. The first-order chi connectivity index (χ1) is 50.7. The highest BCUT2D eigenvalue weighted by Gasteiger charge is 2.31. The first kappa shape index (κ1) is 78.4. The molecule has 0 atom stereocenters. The fourth-order valence-corrected chi connectivity index (χ4v) is 16.3. The molecule has 0 fully saturated rings. The monoisotopic (exact) mass is 1560 g/mol. The molecule has 0 bridgehead atoms. The summed E-state index contributed by atoms with van der Waals surface area (Å²) in [7, 11) is 7.24. The van der Waals surface area contributed by atoms with Gasteiger partial charge in [-0.25, -0.2) is 15.0 Å². The SMILES string of the molecule is CC(=NCC(=O)c1ccc(C(=O)CCc2cn(C)cn2)s1)c1csc(-c2ccc(C(F)(F)F)cc2)c1O.CC(=NCC(=O)c1ccc(C(=O)CCc2cn(C)cn2)s1)c1csc(-c2ccc(Cl)cc2)c1O.COc1ccc(-c2scc(C(C)=NCC(=O)c3ccc(C(=O)CCc4cn(C)cn4)s3)c2O)cc1. The highest BCUT2D eigenvalue weighted by atomic mass is 35.5. The van der Waals surface area contributed by atoms with Gasteiger partial charge in [-0.05, 0) is 142 Å². The molecule has 0 unspecified atom stereocenters. The van der Waals surface area contributed by atoms with Gasteiger partial charge < -0.3 is 33.8 Å². The molecule has 0 spiro atoms. The second kappa shape index (κ2) is 35.7. The summed E-state index contributed by atoms with van der Waals surface area (Å²) in [6.07, 6.45) is 8.91. The minimum atomic E-state index is -4.44. The van der Waals surface area contributed by atoms with Crippen molar-refractivity contribution in [2.45, 2.75) is 65.5 Å². The van der Waals surface area contributed by atoms with Crippen LogP contribution in [0.15, 0.2) is 178 Å². The molecule has 0 aliphatic carbocycles. The molecule has 9 heterocycles. The lowest BCUT2D eigenvalue weighted by Crippen LogP contribution is -2.04. The Morgan fingerprint density at radius 2 is 0.726 bits per heavy atom. The zero-order chi connectivity index (χ0) is 75.9. The standard InChI is InChI=1S/C26H22F3N3O3S2.C26H25N3O4S2.C25H22ClN3O3S2/c1-15(19-13-36-25(24(19)35)16-3-5-17(6-4-16)26(27,28)29)30-11-21(34)23-10-9-22(37-23)20(33)8-7-18-12-32(2)14-31-18;1-16(20-14-34-26(25(20)32)17-4-7-19(33-3)8-5-17)27-12-22(31)24-11-10-23(35-24)21(30)9-6-18-13-29(2)15-28-18;1-15(19-13-33-25(24(19)32)16-3-5-17(26)6-4-16)27-11-21(31)23-10-9-22(34-23)20(30)8-7-18-12-29(2)14-28-18/h3-6,9-10,12-14,35H,7-8,11H2,1-2H3;4-5,7-8,10-11,13-15,32H,6,9,12H2,1-3H3;3-6,9-10,12-14,32H,7-8,11H2,1-2H3. The van der Waals surface area contributed by atoms with Crippen LogP contribution in [0.5, 0.6) is 23.0 Å². The predicted octanol–water partition coefficient (Wildman–Crippen LogP) is 18.0. The summed E-state index contributed by atoms with van der Waals surface area (Å²) in [6, 6.07) is 29.2. The Labute approximate surface area is 636 Å². The van der Waals surface area contributed by atoms with Crippen LogP contribution in [0.25, 0.3) is 31.3 Å². The lowest BCUT2D eigenvalue weighted by molar-refractivity contribution is -0.137. The van der Waals surface area contributed by atoms with Crippen molar-refractivity contribution >= 4 is 131 Å². The van der Waals surface area contributed by atoms with E-state index in [-0.39, 0.29) is 71.6 Å². The Morgan fingerprint density at radius 1 is 0.443 bits per heavy atom. The molecule has 0 radical (unpaired) electrons. The van der Waals surface area contributed by atoms with Crippen molar-refractivity contribution in [1.29, 1.82) is 0 Å². The first-order valence-electron chi connectivity index (χ1n) is 32.6. The van der Waals surface area contributed by atoms with Gasteiger partial charge in [-0.1, -0.05) is 35.9 Å². The minimum absolute atomic E-state index is 0.00589. The van der Waals surface area contributed by atoms with Crippen molar-refractivity contribution in [2.24, 2.45) is 36.1 Å². The molecule has 0 aliphatic heterocycles. The molecule has 0 aliphatic rings. The lowest BCUT2D eigenvalue weighted by Gasteiger charge is -2.07. The average Bonchev–Trinajstić information content (AvgIpc) is 1.64. The highest BCUT2D eigenvalue weighted by molar-refractivity contribution is 7.17. The van der Waals surface area contributed by atoms with Gasteiger partial charge in [-0.15, -0.1) is 68.0 Å². The number of aromatic hydroxyl groups is 3. The van der Waals surface area contributed by atoms with E-state index in [2.05, 4.69) is 29.9 Å². The van der Waals surface area contributed by atoms with E-state index in [0.29, 0.717) is 117 Å². The number of aromatic nitrogens is 6. The number of halogens is 4. The maximum atomic E-state index is 12.8. The fraction of sp³-hybridized carbons (Fsp3) is 0.221. The van der Waals surface area contributed by atoms with E-state index >= 15 is 0 Å². The van der Waals surface area contributed by atoms with Crippen LogP contribution in [-0.2, 0) is 46.6 Å². The molecular weight excluding hydrogens is 1500 g/mol. The van der Waals surface area contributed by atoms with Crippen molar-refractivity contribution in [3.8, 4) is 54.3 Å². The molecule has 546 valence electrons. The molecule has 29 heteroatoms. The molecule has 0 saturated carbocycles. The third kappa shape index (κ3) is 20.4. The summed E-state index contributed by atoms with van der Waals surface area (Å²) in [6.45, 7) is 4.90. The van der Waals surface area contributed by atoms with Gasteiger partial charge in [-0.2, -0.15) is 13.2 Å². The molecule has 106 heavy (non-hydrogen) atoms. The number of rotatable bonds is 28. The number of carbonyl (C=O) groups excluding carboxylic acids is 6. The number of alkyl halides is 3. The summed E-state index contributed by atoms with van der Waals surface area (Å²) in [5, 5.41) is 38.0. The third-order valence-electron chi connectivity index (χ3n) is 16.3. The number of benzene rings is 3. The maximum Gasteiger partial charge on any atom is 0.416 e. The molecule has 3 aromatic carbocycles. The van der Waals surface area contributed by atoms with Crippen molar-refractivity contribution in [1.82, 2.24) is 28.7 Å². The number of Topliss-reactive ketones (excluding diaryl/α,β-unsaturated/α-hetero) is 6. The fourth-order valence-electron chi connectivity index (χ4n) is 10.4. The van der Waals surface area contributed by atoms with E-state index in [1.165, 1.54) is 68.8 Å². The van der Waals surface area contributed by atoms with Crippen molar-refractivity contribution < 1.29 is 62.0 Å². The number of ether oxygens (including phenoxy) is 1. The Morgan fingerprint density at radius 3 is 1.00 bits per heavy atom. The molecule has 0 saturated heterocycles. The summed E-state index contributed by atoms with van der Waals surface area (Å²) in [5.74, 6) is 0.260. The zero-order valence-corrected chi connectivity index (χ0v) is 63.8. The van der Waals surface area contributed by atoms with Crippen molar-refractivity contribution in [3.05, 3.63) is 237 Å². The molecule has 0 amide bonds. The second-order valence-corrected chi connectivity index (χ2v) is 30.4. The number of imidazole rings is 3. The summed E-state index contributed by atoms with van der Waals surface area (Å²) in [4.78, 5) is 106. The second-order valence-electron chi connectivity index (χ2n) is 24.1. The van der Waals surface area contributed by atoms with E-state index in [4.69, 9.17) is 16.3 Å². The first-order valence-corrected chi connectivity index (χ1v) is 38.1. The number of methoxy groups -OCH3 is 1. The summed E-state index contributed by atoms with van der Waals surface area (Å²) >= 11 is 13.4. The van der Waals surface area contributed by atoms with Crippen LogP contribution in [-0.4, -0.2) is 123 Å². The molecular formula is C77H69ClF3N9O10S6. The van der Waals surface area contributed by atoms with Gasteiger partial charge in [0.1, 0.15) is 42.6 Å². The third-order valence-corrected chi connectivity index (χ3v) is 23.2. The van der Waals surface area contributed by atoms with E-state index in [0.717, 1.165) is 67.2 Å². The Kier molecular flexibility index (Phi) is 26.4.